The maximum absolute atomic E-state index is 12.7. The normalized spacial score (nSPS) is 10.3. The number of carbonyl (C=O) groups is 1. The van der Waals surface area contributed by atoms with Gasteiger partial charge in [-0.25, -0.2) is 4.98 Å². The van der Waals surface area contributed by atoms with Gasteiger partial charge in [0.1, 0.15) is 6.61 Å². The molecule has 25 heavy (non-hydrogen) atoms. The number of ether oxygens (including phenoxy) is 1. The van der Waals surface area contributed by atoms with E-state index in [1.807, 2.05) is 49.4 Å². The number of hydrogen-bond donors (Lipinski definition) is 0. The quantitative estimate of drug-likeness (QED) is 0.690. The zero-order valence-electron chi connectivity index (χ0n) is 14.0. The molecule has 0 radical (unpaired) electrons. The summed E-state index contributed by atoms with van der Waals surface area (Å²) < 4.78 is 5.65. The third-order valence-electron chi connectivity index (χ3n) is 3.73. The molecule has 0 spiro atoms. The molecule has 0 atom stereocenters. The molecule has 2 heterocycles. The molecule has 0 saturated carbocycles. The third kappa shape index (κ3) is 4.20. The van der Waals surface area contributed by atoms with E-state index >= 15 is 0 Å². The highest BCUT2D eigenvalue weighted by atomic mass is 16.5. The zero-order valence-corrected chi connectivity index (χ0v) is 14.0. The first-order valence-corrected chi connectivity index (χ1v) is 8.12. The molecule has 0 aliphatic heterocycles. The van der Waals surface area contributed by atoms with Crippen molar-refractivity contribution < 1.29 is 9.53 Å². The first-order chi connectivity index (χ1) is 12.3. The van der Waals surface area contributed by atoms with Crippen LogP contribution >= 0.6 is 0 Å². The summed E-state index contributed by atoms with van der Waals surface area (Å²) in [7, 11) is 0. The Kier molecular flexibility index (Phi) is 5.36. The van der Waals surface area contributed by atoms with Gasteiger partial charge in [-0.2, -0.15) is 0 Å². The SMILES string of the molecule is CCN(C(=O)c1ccc(OCc2ccccc2)nc1)c1cccnc1. The van der Waals surface area contributed by atoms with Gasteiger partial charge in [-0.3, -0.25) is 9.78 Å². The lowest BCUT2D eigenvalue weighted by Gasteiger charge is -2.20. The van der Waals surface area contributed by atoms with E-state index in [1.165, 1.54) is 0 Å². The molecule has 3 aromatic rings. The van der Waals surface area contributed by atoms with E-state index in [0.717, 1.165) is 11.3 Å². The molecule has 0 aliphatic carbocycles. The molecule has 1 aromatic carbocycles. The van der Waals surface area contributed by atoms with Gasteiger partial charge in [0, 0.05) is 25.0 Å². The Morgan fingerprint density at radius 2 is 1.88 bits per heavy atom. The lowest BCUT2D eigenvalue weighted by Crippen LogP contribution is -2.30. The van der Waals surface area contributed by atoms with Crippen molar-refractivity contribution in [2.45, 2.75) is 13.5 Å². The van der Waals surface area contributed by atoms with Gasteiger partial charge >= 0.3 is 0 Å². The van der Waals surface area contributed by atoms with Crippen LogP contribution in [0.5, 0.6) is 5.88 Å². The summed E-state index contributed by atoms with van der Waals surface area (Å²) in [5.41, 5.74) is 2.34. The number of hydrogen-bond acceptors (Lipinski definition) is 4. The van der Waals surface area contributed by atoms with Crippen molar-refractivity contribution in [1.82, 2.24) is 9.97 Å². The van der Waals surface area contributed by atoms with Gasteiger partial charge in [-0.1, -0.05) is 30.3 Å². The van der Waals surface area contributed by atoms with Crippen LogP contribution < -0.4 is 9.64 Å². The zero-order chi connectivity index (χ0) is 17.5. The number of anilines is 1. The Morgan fingerprint density at radius 3 is 2.52 bits per heavy atom. The van der Waals surface area contributed by atoms with Crippen molar-refractivity contribution in [3.05, 3.63) is 84.3 Å². The lowest BCUT2D eigenvalue weighted by atomic mass is 10.2. The van der Waals surface area contributed by atoms with Crippen LogP contribution in [0.3, 0.4) is 0 Å². The molecular formula is C20H19N3O2. The predicted molar refractivity (Wildman–Crippen MR) is 96.6 cm³/mol. The Hall–Kier alpha value is -3.21. The van der Waals surface area contributed by atoms with Crippen LogP contribution in [-0.4, -0.2) is 22.4 Å². The van der Waals surface area contributed by atoms with Gasteiger partial charge in [0.05, 0.1) is 17.4 Å². The highest BCUT2D eigenvalue weighted by Gasteiger charge is 2.16. The first-order valence-electron chi connectivity index (χ1n) is 8.12. The summed E-state index contributed by atoms with van der Waals surface area (Å²) in [6, 6.07) is 17.0. The van der Waals surface area contributed by atoms with E-state index in [2.05, 4.69) is 9.97 Å². The van der Waals surface area contributed by atoms with Gasteiger partial charge in [0.15, 0.2) is 0 Å². The molecule has 2 aromatic heterocycles. The van der Waals surface area contributed by atoms with Gasteiger partial charge in [-0.05, 0) is 30.7 Å². The Morgan fingerprint density at radius 1 is 1.04 bits per heavy atom. The summed E-state index contributed by atoms with van der Waals surface area (Å²) in [6.45, 7) is 2.92. The van der Waals surface area contributed by atoms with Crippen LogP contribution in [0, 0.1) is 0 Å². The van der Waals surface area contributed by atoms with E-state index in [4.69, 9.17) is 4.74 Å². The van der Waals surface area contributed by atoms with Crippen molar-refractivity contribution in [3.8, 4) is 5.88 Å². The maximum Gasteiger partial charge on any atom is 0.259 e. The first kappa shape index (κ1) is 16.6. The predicted octanol–water partition coefficient (Wildman–Crippen LogP) is 3.72. The minimum absolute atomic E-state index is 0.113. The second-order valence-electron chi connectivity index (χ2n) is 5.42. The van der Waals surface area contributed by atoms with Crippen molar-refractivity contribution in [3.63, 3.8) is 0 Å². The standard InChI is InChI=1S/C20H19N3O2/c1-2-23(18-9-6-12-21-14-18)20(24)17-10-11-19(22-13-17)25-15-16-7-4-3-5-8-16/h3-14H,2,15H2,1H3. The van der Waals surface area contributed by atoms with Crippen LogP contribution in [0.15, 0.2) is 73.2 Å². The fourth-order valence-corrected chi connectivity index (χ4v) is 2.44. The van der Waals surface area contributed by atoms with E-state index < -0.39 is 0 Å². The molecule has 1 amide bonds. The Balaban J connectivity index is 1.68. The fourth-order valence-electron chi connectivity index (χ4n) is 2.44. The van der Waals surface area contributed by atoms with Crippen LogP contribution in [0.25, 0.3) is 0 Å². The molecule has 0 N–H and O–H groups in total. The summed E-state index contributed by atoms with van der Waals surface area (Å²) in [6.07, 6.45) is 4.90. The molecule has 0 bridgehead atoms. The smallest absolute Gasteiger partial charge is 0.259 e. The van der Waals surface area contributed by atoms with Crippen LogP contribution in [-0.2, 0) is 6.61 Å². The largest absolute Gasteiger partial charge is 0.473 e. The fraction of sp³-hybridized carbons (Fsp3) is 0.150. The summed E-state index contributed by atoms with van der Waals surface area (Å²) in [5.74, 6) is 0.377. The van der Waals surface area contributed by atoms with Crippen molar-refractivity contribution >= 4 is 11.6 Å². The molecule has 3 rings (SSSR count). The molecule has 5 nitrogen and oxygen atoms in total. The molecular weight excluding hydrogens is 314 g/mol. The maximum atomic E-state index is 12.7. The molecule has 0 saturated heterocycles. The monoisotopic (exact) mass is 333 g/mol. The summed E-state index contributed by atoms with van der Waals surface area (Å²) >= 11 is 0. The molecule has 5 heteroatoms. The number of amides is 1. The Labute approximate surface area is 146 Å². The number of benzene rings is 1. The molecule has 0 fully saturated rings. The molecule has 126 valence electrons. The minimum atomic E-state index is -0.113. The van der Waals surface area contributed by atoms with Crippen molar-refractivity contribution in [2.75, 3.05) is 11.4 Å². The second-order valence-corrected chi connectivity index (χ2v) is 5.42. The minimum Gasteiger partial charge on any atom is -0.473 e. The number of pyridine rings is 2. The van der Waals surface area contributed by atoms with E-state index in [9.17, 15) is 4.79 Å². The van der Waals surface area contributed by atoms with Gasteiger partial charge in [-0.15, -0.1) is 0 Å². The summed E-state index contributed by atoms with van der Waals surface area (Å²) in [5, 5.41) is 0. The number of aromatic nitrogens is 2. The lowest BCUT2D eigenvalue weighted by molar-refractivity contribution is 0.0988. The van der Waals surface area contributed by atoms with Crippen LogP contribution in [0.1, 0.15) is 22.8 Å². The summed E-state index contributed by atoms with van der Waals surface area (Å²) in [4.78, 5) is 22.7. The number of nitrogens with zero attached hydrogens (tertiary/aromatic N) is 3. The average Bonchev–Trinajstić information content (AvgIpc) is 2.69. The van der Waals surface area contributed by atoms with Gasteiger partial charge in [0.2, 0.25) is 5.88 Å². The van der Waals surface area contributed by atoms with Crippen molar-refractivity contribution in [1.29, 1.82) is 0 Å². The van der Waals surface area contributed by atoms with Crippen molar-refractivity contribution in [2.24, 2.45) is 0 Å². The highest BCUT2D eigenvalue weighted by molar-refractivity contribution is 6.05. The van der Waals surface area contributed by atoms with Gasteiger partial charge < -0.3 is 9.64 Å². The number of carbonyl (C=O) groups excluding carboxylic acids is 1. The second kappa shape index (κ2) is 8.06. The average molecular weight is 333 g/mol. The van der Waals surface area contributed by atoms with E-state index in [-0.39, 0.29) is 5.91 Å². The van der Waals surface area contributed by atoms with Gasteiger partial charge in [0.25, 0.3) is 5.91 Å². The number of rotatable bonds is 6. The Bertz CT molecular complexity index is 805. The third-order valence-corrected chi connectivity index (χ3v) is 3.73. The highest BCUT2D eigenvalue weighted by Crippen LogP contribution is 2.17. The van der Waals surface area contributed by atoms with E-state index in [1.54, 1.807) is 35.6 Å². The van der Waals surface area contributed by atoms with Crippen LogP contribution in [0.2, 0.25) is 0 Å². The van der Waals surface area contributed by atoms with E-state index in [0.29, 0.717) is 24.6 Å². The van der Waals surface area contributed by atoms with Crippen LogP contribution in [0.4, 0.5) is 5.69 Å². The molecule has 0 aliphatic rings. The molecule has 0 unspecified atom stereocenters. The topological polar surface area (TPSA) is 55.3 Å².